The molecule has 1 nitrogen and oxygen atoms in total. The summed E-state index contributed by atoms with van der Waals surface area (Å²) < 4.78 is 0. The highest BCUT2D eigenvalue weighted by Gasteiger charge is 2.23. The lowest BCUT2D eigenvalue weighted by molar-refractivity contribution is 0.181. The van der Waals surface area contributed by atoms with Crippen molar-refractivity contribution in [2.45, 2.75) is 31.3 Å². The minimum Gasteiger partial charge on any atom is -0.393 e. The summed E-state index contributed by atoms with van der Waals surface area (Å²) in [7, 11) is 0. The van der Waals surface area contributed by atoms with E-state index in [2.05, 4.69) is 24.3 Å². The second-order valence-electron chi connectivity index (χ2n) is 3.57. The van der Waals surface area contributed by atoms with E-state index in [0.717, 1.165) is 19.3 Å². The maximum Gasteiger partial charge on any atom is 0.0546 e. The number of benzene rings is 1. The topological polar surface area (TPSA) is 20.2 Å². The lowest BCUT2D eigenvalue weighted by atomic mass is 9.98. The van der Waals surface area contributed by atoms with Gasteiger partial charge in [-0.3, -0.25) is 0 Å². The Labute approximate surface area is 73.0 Å². The predicted molar refractivity (Wildman–Crippen MR) is 49.0 cm³/mol. The third-order valence-corrected chi connectivity index (χ3v) is 2.68. The van der Waals surface area contributed by atoms with Gasteiger partial charge in [0.1, 0.15) is 0 Å². The standard InChI is InChI=1S/C11H14O/c12-11-7-6-10(8-11)9-4-2-1-3-5-9/h1-5,10-12H,6-8H2/t10-,11+/m0/s1. The van der Waals surface area contributed by atoms with Crippen LogP contribution in [0.2, 0.25) is 0 Å². The zero-order valence-electron chi connectivity index (χ0n) is 7.11. The number of rotatable bonds is 1. The maximum absolute atomic E-state index is 9.36. The first-order valence-corrected chi connectivity index (χ1v) is 4.59. The smallest absolute Gasteiger partial charge is 0.0546 e. The molecule has 2 rings (SSSR count). The molecule has 0 spiro atoms. The van der Waals surface area contributed by atoms with Gasteiger partial charge in [-0.05, 0) is 30.7 Å². The summed E-state index contributed by atoms with van der Waals surface area (Å²) in [6, 6.07) is 10.5. The van der Waals surface area contributed by atoms with Crippen molar-refractivity contribution in [3.8, 4) is 0 Å². The van der Waals surface area contributed by atoms with Crippen molar-refractivity contribution in [3.05, 3.63) is 35.9 Å². The van der Waals surface area contributed by atoms with Gasteiger partial charge < -0.3 is 5.11 Å². The fourth-order valence-electron chi connectivity index (χ4n) is 1.99. The van der Waals surface area contributed by atoms with Crippen molar-refractivity contribution >= 4 is 0 Å². The fraction of sp³-hybridized carbons (Fsp3) is 0.455. The summed E-state index contributed by atoms with van der Waals surface area (Å²) in [5, 5.41) is 9.36. The van der Waals surface area contributed by atoms with Gasteiger partial charge in [0.2, 0.25) is 0 Å². The quantitative estimate of drug-likeness (QED) is 0.672. The first-order chi connectivity index (χ1) is 5.86. The Hall–Kier alpha value is -0.820. The van der Waals surface area contributed by atoms with Crippen molar-refractivity contribution in [1.82, 2.24) is 0 Å². The average molecular weight is 162 g/mol. The van der Waals surface area contributed by atoms with Gasteiger partial charge in [-0.15, -0.1) is 0 Å². The van der Waals surface area contributed by atoms with E-state index in [1.807, 2.05) is 6.07 Å². The van der Waals surface area contributed by atoms with E-state index in [1.165, 1.54) is 5.56 Å². The minimum absolute atomic E-state index is 0.0600. The van der Waals surface area contributed by atoms with Crippen molar-refractivity contribution in [3.63, 3.8) is 0 Å². The molecule has 1 aliphatic rings. The molecule has 1 aromatic carbocycles. The highest BCUT2D eigenvalue weighted by Crippen LogP contribution is 2.33. The van der Waals surface area contributed by atoms with Crippen molar-refractivity contribution in [2.75, 3.05) is 0 Å². The van der Waals surface area contributed by atoms with Crippen LogP contribution in [0.1, 0.15) is 30.7 Å². The van der Waals surface area contributed by atoms with Crippen LogP contribution < -0.4 is 0 Å². The van der Waals surface area contributed by atoms with E-state index in [9.17, 15) is 5.11 Å². The highest BCUT2D eigenvalue weighted by molar-refractivity contribution is 5.20. The summed E-state index contributed by atoms with van der Waals surface area (Å²) in [6.07, 6.45) is 3.00. The average Bonchev–Trinajstić information content (AvgIpc) is 2.54. The van der Waals surface area contributed by atoms with E-state index in [-0.39, 0.29) is 6.10 Å². The van der Waals surface area contributed by atoms with Crippen molar-refractivity contribution in [1.29, 1.82) is 0 Å². The molecular weight excluding hydrogens is 148 g/mol. The molecule has 1 N–H and O–H groups in total. The Bertz CT molecular complexity index is 242. The minimum atomic E-state index is -0.0600. The van der Waals surface area contributed by atoms with E-state index in [1.54, 1.807) is 0 Å². The van der Waals surface area contributed by atoms with Gasteiger partial charge in [0, 0.05) is 0 Å². The van der Waals surface area contributed by atoms with E-state index in [4.69, 9.17) is 0 Å². The molecule has 1 aromatic rings. The van der Waals surface area contributed by atoms with Crippen LogP contribution in [0.5, 0.6) is 0 Å². The number of aliphatic hydroxyl groups is 1. The number of hydrogen-bond donors (Lipinski definition) is 1. The zero-order valence-corrected chi connectivity index (χ0v) is 7.11. The molecule has 1 fully saturated rings. The molecule has 0 bridgehead atoms. The molecule has 12 heavy (non-hydrogen) atoms. The second kappa shape index (κ2) is 3.28. The fourth-order valence-corrected chi connectivity index (χ4v) is 1.99. The Balaban J connectivity index is 2.11. The predicted octanol–water partition coefficient (Wildman–Crippen LogP) is 2.32. The molecule has 0 amide bonds. The Morgan fingerprint density at radius 3 is 2.42 bits per heavy atom. The molecule has 0 saturated heterocycles. The molecule has 1 saturated carbocycles. The molecular formula is C11H14O. The third kappa shape index (κ3) is 1.51. The largest absolute Gasteiger partial charge is 0.393 e. The maximum atomic E-state index is 9.36. The number of aliphatic hydroxyl groups excluding tert-OH is 1. The molecule has 2 atom stereocenters. The van der Waals surface area contributed by atoms with E-state index in [0.29, 0.717) is 5.92 Å². The first-order valence-electron chi connectivity index (χ1n) is 4.59. The van der Waals surface area contributed by atoms with Gasteiger partial charge in [-0.2, -0.15) is 0 Å². The third-order valence-electron chi connectivity index (χ3n) is 2.68. The molecule has 0 aromatic heterocycles. The van der Waals surface area contributed by atoms with Crippen LogP contribution in [0.15, 0.2) is 30.3 Å². The normalized spacial score (nSPS) is 29.1. The van der Waals surface area contributed by atoms with Crippen LogP contribution in [-0.2, 0) is 0 Å². The van der Waals surface area contributed by atoms with Crippen LogP contribution in [0.3, 0.4) is 0 Å². The second-order valence-corrected chi connectivity index (χ2v) is 3.57. The monoisotopic (exact) mass is 162 g/mol. The summed E-state index contributed by atoms with van der Waals surface area (Å²) in [5.41, 5.74) is 1.38. The molecule has 1 aliphatic carbocycles. The lowest BCUT2D eigenvalue weighted by Gasteiger charge is -2.08. The molecule has 0 unspecified atom stereocenters. The summed E-state index contributed by atoms with van der Waals surface area (Å²) in [4.78, 5) is 0. The number of hydrogen-bond acceptors (Lipinski definition) is 1. The van der Waals surface area contributed by atoms with Crippen molar-refractivity contribution in [2.24, 2.45) is 0 Å². The van der Waals surface area contributed by atoms with Crippen LogP contribution in [0, 0.1) is 0 Å². The summed E-state index contributed by atoms with van der Waals surface area (Å²) in [6.45, 7) is 0. The molecule has 0 aliphatic heterocycles. The van der Waals surface area contributed by atoms with Crippen LogP contribution in [-0.4, -0.2) is 11.2 Å². The van der Waals surface area contributed by atoms with Gasteiger partial charge in [0.05, 0.1) is 6.10 Å². The van der Waals surface area contributed by atoms with Gasteiger partial charge in [-0.25, -0.2) is 0 Å². The van der Waals surface area contributed by atoms with Crippen molar-refractivity contribution < 1.29 is 5.11 Å². The lowest BCUT2D eigenvalue weighted by Crippen LogP contribution is -1.99. The SMILES string of the molecule is O[C@@H]1CC[C@H](c2ccccc2)C1. The van der Waals surface area contributed by atoms with Gasteiger partial charge in [0.25, 0.3) is 0 Å². The Morgan fingerprint density at radius 1 is 1.08 bits per heavy atom. The van der Waals surface area contributed by atoms with Crippen LogP contribution >= 0.6 is 0 Å². The highest BCUT2D eigenvalue weighted by atomic mass is 16.3. The molecule has 64 valence electrons. The first kappa shape index (κ1) is 7.81. The van der Waals surface area contributed by atoms with Crippen LogP contribution in [0.25, 0.3) is 0 Å². The van der Waals surface area contributed by atoms with E-state index < -0.39 is 0 Å². The van der Waals surface area contributed by atoms with E-state index >= 15 is 0 Å². The molecule has 0 radical (unpaired) electrons. The zero-order chi connectivity index (χ0) is 8.39. The van der Waals surface area contributed by atoms with Gasteiger partial charge >= 0.3 is 0 Å². The molecule has 0 heterocycles. The van der Waals surface area contributed by atoms with Crippen LogP contribution in [0.4, 0.5) is 0 Å². The summed E-state index contributed by atoms with van der Waals surface area (Å²) in [5.74, 6) is 0.598. The van der Waals surface area contributed by atoms with Gasteiger partial charge in [-0.1, -0.05) is 30.3 Å². The Kier molecular flexibility index (Phi) is 2.13. The van der Waals surface area contributed by atoms with Gasteiger partial charge in [0.15, 0.2) is 0 Å². The summed E-state index contributed by atoms with van der Waals surface area (Å²) >= 11 is 0. The molecule has 1 heteroatoms. The Morgan fingerprint density at radius 2 is 1.83 bits per heavy atom.